The lowest BCUT2D eigenvalue weighted by atomic mass is 10.0. The van der Waals surface area contributed by atoms with E-state index in [1.807, 2.05) is 13.8 Å². The van der Waals surface area contributed by atoms with Gasteiger partial charge in [0.05, 0.1) is 17.2 Å². The maximum absolute atomic E-state index is 15.0. The molecule has 0 bridgehead atoms. The standard InChI is InChI=1S/C26H28F4N4O3/c1-14-4-5-15(2)34(14)23(36)17-6-7-20(21(27)11-17)16(3)32-24(37)25(8-9-25)33-22(35)18-10-19(13-31-12-18)26(28,29)30/h6-7,10-16H,4-5,8-9H2,1-3H3,(H,32,37)(H,33,35)/t14?,15?,16-/m0/s1. The van der Waals surface area contributed by atoms with Crippen LogP contribution in [-0.4, -0.2) is 45.2 Å². The number of alkyl halides is 3. The van der Waals surface area contributed by atoms with Gasteiger partial charge in [-0.25, -0.2) is 4.39 Å². The molecule has 2 aromatic rings. The number of hydrogen-bond donors (Lipinski definition) is 2. The second-order valence-corrected chi connectivity index (χ2v) is 9.92. The van der Waals surface area contributed by atoms with Gasteiger partial charge in [-0.2, -0.15) is 13.2 Å². The quantitative estimate of drug-likeness (QED) is 0.553. The molecule has 2 fully saturated rings. The fourth-order valence-corrected chi connectivity index (χ4v) is 4.71. The van der Waals surface area contributed by atoms with Crippen LogP contribution in [0.4, 0.5) is 17.6 Å². The molecule has 1 saturated carbocycles. The van der Waals surface area contributed by atoms with E-state index in [0.717, 1.165) is 25.1 Å². The molecule has 0 spiro atoms. The van der Waals surface area contributed by atoms with Crippen LogP contribution in [0.3, 0.4) is 0 Å². The zero-order chi connectivity index (χ0) is 27.1. The fraction of sp³-hybridized carbons (Fsp3) is 0.462. The summed E-state index contributed by atoms with van der Waals surface area (Å²) in [4.78, 5) is 43.6. The largest absolute Gasteiger partial charge is 0.417 e. The number of carbonyl (C=O) groups is 3. The van der Waals surface area contributed by atoms with E-state index in [4.69, 9.17) is 0 Å². The Labute approximate surface area is 211 Å². The van der Waals surface area contributed by atoms with Crippen LogP contribution in [0, 0.1) is 5.82 Å². The molecule has 2 heterocycles. The first kappa shape index (κ1) is 26.6. The predicted molar refractivity (Wildman–Crippen MR) is 126 cm³/mol. The minimum Gasteiger partial charge on any atom is -0.347 e. The summed E-state index contributed by atoms with van der Waals surface area (Å²) in [5.74, 6) is -2.34. The summed E-state index contributed by atoms with van der Waals surface area (Å²) in [6.45, 7) is 5.48. The second-order valence-electron chi connectivity index (χ2n) is 9.92. The Morgan fingerprint density at radius 1 is 1.05 bits per heavy atom. The monoisotopic (exact) mass is 520 g/mol. The van der Waals surface area contributed by atoms with Crippen molar-refractivity contribution in [3.63, 3.8) is 0 Å². The van der Waals surface area contributed by atoms with Crippen LogP contribution < -0.4 is 10.6 Å². The van der Waals surface area contributed by atoms with Gasteiger partial charge in [0.25, 0.3) is 11.8 Å². The molecule has 2 N–H and O–H groups in total. The lowest BCUT2D eigenvalue weighted by Crippen LogP contribution is -2.49. The Bertz CT molecular complexity index is 1220. The molecule has 0 radical (unpaired) electrons. The normalized spacial score (nSPS) is 21.3. The Kier molecular flexibility index (Phi) is 7.00. The molecule has 7 nitrogen and oxygen atoms in total. The van der Waals surface area contributed by atoms with Crippen LogP contribution in [-0.2, 0) is 11.0 Å². The van der Waals surface area contributed by atoms with Gasteiger partial charge in [0.2, 0.25) is 5.91 Å². The topological polar surface area (TPSA) is 91.4 Å². The summed E-state index contributed by atoms with van der Waals surface area (Å²) in [6.07, 6.45) is -0.723. The van der Waals surface area contributed by atoms with Gasteiger partial charge in [-0.1, -0.05) is 6.07 Å². The highest BCUT2D eigenvalue weighted by molar-refractivity contribution is 6.00. The molecule has 2 aliphatic rings. The molecule has 3 atom stereocenters. The van der Waals surface area contributed by atoms with Gasteiger partial charge in [-0.3, -0.25) is 19.4 Å². The number of likely N-dealkylation sites (tertiary alicyclic amines) is 1. The van der Waals surface area contributed by atoms with Gasteiger partial charge >= 0.3 is 6.18 Å². The summed E-state index contributed by atoms with van der Waals surface area (Å²) in [5.41, 5.74) is -2.31. The molecule has 2 unspecified atom stereocenters. The summed E-state index contributed by atoms with van der Waals surface area (Å²) in [7, 11) is 0. The highest BCUT2D eigenvalue weighted by atomic mass is 19.4. The van der Waals surface area contributed by atoms with Crippen LogP contribution >= 0.6 is 0 Å². The molecule has 11 heteroatoms. The molecule has 1 aromatic heterocycles. The van der Waals surface area contributed by atoms with E-state index < -0.39 is 41.0 Å². The number of aromatic nitrogens is 1. The van der Waals surface area contributed by atoms with Crippen molar-refractivity contribution in [2.75, 3.05) is 0 Å². The maximum Gasteiger partial charge on any atom is 0.417 e. The second kappa shape index (κ2) is 9.75. The van der Waals surface area contributed by atoms with E-state index in [1.165, 1.54) is 12.1 Å². The number of rotatable bonds is 6. The van der Waals surface area contributed by atoms with Crippen molar-refractivity contribution >= 4 is 17.7 Å². The molecule has 1 aromatic carbocycles. The fourth-order valence-electron chi connectivity index (χ4n) is 4.71. The van der Waals surface area contributed by atoms with Crippen LogP contribution in [0.15, 0.2) is 36.7 Å². The third-order valence-electron chi connectivity index (χ3n) is 7.11. The zero-order valence-corrected chi connectivity index (χ0v) is 20.7. The first-order valence-corrected chi connectivity index (χ1v) is 12.1. The first-order chi connectivity index (χ1) is 17.3. The van der Waals surface area contributed by atoms with Crippen LogP contribution in [0.25, 0.3) is 0 Å². The van der Waals surface area contributed by atoms with E-state index in [2.05, 4.69) is 15.6 Å². The molecule has 1 aliphatic heterocycles. The summed E-state index contributed by atoms with van der Waals surface area (Å²) < 4.78 is 53.8. The van der Waals surface area contributed by atoms with E-state index in [-0.39, 0.29) is 47.5 Å². The van der Waals surface area contributed by atoms with Gasteiger partial charge in [0, 0.05) is 35.6 Å². The number of halogens is 4. The summed E-state index contributed by atoms with van der Waals surface area (Å²) in [5, 5.41) is 5.16. The molecule has 4 rings (SSSR count). The lowest BCUT2D eigenvalue weighted by Gasteiger charge is -2.27. The average molecular weight is 521 g/mol. The molecule has 198 valence electrons. The van der Waals surface area contributed by atoms with E-state index in [1.54, 1.807) is 11.8 Å². The third kappa shape index (κ3) is 5.45. The SMILES string of the molecule is CC1CCC(C)N1C(=O)c1ccc([C@H](C)NC(=O)C2(NC(=O)c3cncc(C(F)(F)F)c3)CC2)c(F)c1. The Hall–Kier alpha value is -3.50. The molecule has 37 heavy (non-hydrogen) atoms. The van der Waals surface area contributed by atoms with Gasteiger partial charge in [-0.05, 0) is 64.7 Å². The highest BCUT2D eigenvalue weighted by Crippen LogP contribution is 2.37. The van der Waals surface area contributed by atoms with Crippen molar-refractivity contribution in [3.8, 4) is 0 Å². The van der Waals surface area contributed by atoms with Crippen molar-refractivity contribution in [1.82, 2.24) is 20.5 Å². The average Bonchev–Trinajstić information content (AvgIpc) is 3.55. The van der Waals surface area contributed by atoms with Crippen molar-refractivity contribution in [2.24, 2.45) is 0 Å². The zero-order valence-electron chi connectivity index (χ0n) is 20.7. The number of nitrogens with one attached hydrogen (secondary N) is 2. The first-order valence-electron chi connectivity index (χ1n) is 12.1. The van der Waals surface area contributed by atoms with E-state index in [9.17, 15) is 31.9 Å². The lowest BCUT2D eigenvalue weighted by molar-refractivity contribution is -0.137. The Morgan fingerprint density at radius 3 is 2.27 bits per heavy atom. The molecular weight excluding hydrogens is 492 g/mol. The maximum atomic E-state index is 15.0. The molecular formula is C26H28F4N4O3. The van der Waals surface area contributed by atoms with Crippen LogP contribution in [0.2, 0.25) is 0 Å². The van der Waals surface area contributed by atoms with Gasteiger partial charge in [-0.15, -0.1) is 0 Å². The van der Waals surface area contributed by atoms with Gasteiger partial charge < -0.3 is 15.5 Å². The number of pyridine rings is 1. The Balaban J connectivity index is 1.42. The number of nitrogens with zero attached hydrogens (tertiary/aromatic N) is 2. The minimum absolute atomic E-state index is 0.0695. The van der Waals surface area contributed by atoms with Gasteiger partial charge in [0.15, 0.2) is 0 Å². The number of amides is 3. The molecule has 1 aliphatic carbocycles. The smallest absolute Gasteiger partial charge is 0.347 e. The Morgan fingerprint density at radius 2 is 1.70 bits per heavy atom. The predicted octanol–water partition coefficient (Wildman–Crippen LogP) is 4.39. The number of hydrogen-bond acceptors (Lipinski definition) is 4. The van der Waals surface area contributed by atoms with Crippen molar-refractivity contribution in [3.05, 3.63) is 64.7 Å². The summed E-state index contributed by atoms with van der Waals surface area (Å²) >= 11 is 0. The third-order valence-corrected chi connectivity index (χ3v) is 7.11. The van der Waals surface area contributed by atoms with Crippen molar-refractivity contribution in [2.45, 2.75) is 76.3 Å². The van der Waals surface area contributed by atoms with Crippen LogP contribution in [0.1, 0.15) is 84.3 Å². The summed E-state index contributed by atoms with van der Waals surface area (Å²) in [6, 6.07) is 4.15. The van der Waals surface area contributed by atoms with Crippen molar-refractivity contribution < 1.29 is 31.9 Å². The van der Waals surface area contributed by atoms with Gasteiger partial charge in [0.1, 0.15) is 11.4 Å². The number of benzene rings is 1. The minimum atomic E-state index is -4.66. The highest BCUT2D eigenvalue weighted by Gasteiger charge is 2.51. The van der Waals surface area contributed by atoms with Crippen molar-refractivity contribution in [1.29, 1.82) is 0 Å². The van der Waals surface area contributed by atoms with E-state index in [0.29, 0.717) is 12.3 Å². The molecule has 3 amide bonds. The number of carbonyl (C=O) groups excluding carboxylic acids is 3. The van der Waals surface area contributed by atoms with E-state index >= 15 is 0 Å². The van der Waals surface area contributed by atoms with Crippen LogP contribution in [0.5, 0.6) is 0 Å². The molecule has 1 saturated heterocycles.